The number of ether oxygens (including phenoxy) is 1. The summed E-state index contributed by atoms with van der Waals surface area (Å²) in [6.45, 7) is 2.09. The highest BCUT2D eigenvalue weighted by Gasteiger charge is 2.57. The minimum atomic E-state index is -3.91. The Labute approximate surface area is 180 Å². The molecule has 166 valence electrons. The van der Waals surface area contributed by atoms with Crippen molar-refractivity contribution >= 4 is 28.1 Å². The van der Waals surface area contributed by atoms with Gasteiger partial charge in [0.05, 0.1) is 24.7 Å². The largest absolute Gasteiger partial charge is 0.455 e. The second-order valence-corrected chi connectivity index (χ2v) is 11.2. The van der Waals surface area contributed by atoms with Crippen LogP contribution in [0.15, 0.2) is 24.3 Å². The number of esters is 1. The van der Waals surface area contributed by atoms with Gasteiger partial charge in [-0.2, -0.15) is 8.42 Å². The molecule has 0 spiro atoms. The highest BCUT2D eigenvalue weighted by Crippen LogP contribution is 2.59. The fourth-order valence-electron chi connectivity index (χ4n) is 5.49. The van der Waals surface area contributed by atoms with Crippen LogP contribution in [0.1, 0.15) is 49.4 Å². The van der Waals surface area contributed by atoms with E-state index in [0.29, 0.717) is 29.4 Å². The van der Waals surface area contributed by atoms with Crippen LogP contribution in [-0.2, 0) is 29.1 Å². The standard InChI is InChI=1S/C20H26O8S2/c1-20(16-8-13-7-14(10-16)11-17(20)9-13)25-19(21)15-3-5-18(6-4-15)26-30(22,23)12-29-28-27-24-2/h3-6,13-14,16-17H,7-12H2,1-2H3. The molecule has 0 N–H and O–H groups in total. The Morgan fingerprint density at radius 2 is 1.67 bits per heavy atom. The molecule has 1 aromatic carbocycles. The lowest BCUT2D eigenvalue weighted by atomic mass is 9.50. The molecule has 0 unspecified atom stereocenters. The molecule has 8 nitrogen and oxygen atoms in total. The molecule has 0 aromatic heterocycles. The van der Waals surface area contributed by atoms with Crippen molar-refractivity contribution < 1.29 is 36.4 Å². The van der Waals surface area contributed by atoms with E-state index in [9.17, 15) is 13.2 Å². The summed E-state index contributed by atoms with van der Waals surface area (Å²) >= 11 is 0.508. The number of carbonyl (C=O) groups excluding carboxylic acids is 1. The zero-order valence-corrected chi connectivity index (χ0v) is 18.6. The fourth-order valence-corrected chi connectivity index (χ4v) is 6.81. The molecule has 30 heavy (non-hydrogen) atoms. The molecule has 0 radical (unpaired) electrons. The topological polar surface area (TPSA) is 97.4 Å². The van der Waals surface area contributed by atoms with Crippen LogP contribution in [0.2, 0.25) is 0 Å². The van der Waals surface area contributed by atoms with Crippen LogP contribution in [0.25, 0.3) is 0 Å². The molecule has 0 amide bonds. The first kappa shape index (κ1) is 21.9. The minimum Gasteiger partial charge on any atom is -0.455 e. The molecule has 0 heterocycles. The number of benzene rings is 1. The van der Waals surface area contributed by atoms with Gasteiger partial charge < -0.3 is 8.92 Å². The average molecular weight is 459 g/mol. The van der Waals surface area contributed by atoms with E-state index < -0.39 is 20.8 Å². The van der Waals surface area contributed by atoms with Gasteiger partial charge in [0, 0.05) is 0 Å². The third-order valence-electron chi connectivity index (χ3n) is 6.72. The summed E-state index contributed by atoms with van der Waals surface area (Å²) in [6, 6.07) is 5.91. The van der Waals surface area contributed by atoms with Gasteiger partial charge in [0.15, 0.2) is 5.08 Å². The van der Waals surface area contributed by atoms with E-state index in [1.807, 2.05) is 0 Å². The highest BCUT2D eigenvalue weighted by atomic mass is 32.3. The molecule has 4 saturated carbocycles. The minimum absolute atomic E-state index is 0.0978. The van der Waals surface area contributed by atoms with Gasteiger partial charge in [0.25, 0.3) is 0 Å². The molecule has 4 fully saturated rings. The van der Waals surface area contributed by atoms with Crippen molar-refractivity contribution in [2.75, 3.05) is 12.2 Å². The van der Waals surface area contributed by atoms with Gasteiger partial charge in [-0.15, -0.1) is 4.33 Å². The van der Waals surface area contributed by atoms with E-state index in [-0.39, 0.29) is 11.7 Å². The Kier molecular flexibility index (Phi) is 6.32. The molecule has 0 saturated heterocycles. The zero-order chi connectivity index (χ0) is 21.4. The maximum atomic E-state index is 12.8. The van der Waals surface area contributed by atoms with Crippen LogP contribution < -0.4 is 4.18 Å². The van der Waals surface area contributed by atoms with Gasteiger partial charge in [0.2, 0.25) is 0 Å². The maximum absolute atomic E-state index is 12.8. The van der Waals surface area contributed by atoms with E-state index in [0.717, 1.165) is 37.5 Å². The highest BCUT2D eigenvalue weighted by molar-refractivity contribution is 8.08. The third kappa shape index (κ3) is 4.62. The normalized spacial score (nSPS) is 32.2. The van der Waals surface area contributed by atoms with Crippen molar-refractivity contribution in [2.24, 2.45) is 23.7 Å². The summed E-state index contributed by atoms with van der Waals surface area (Å²) in [7, 11) is -2.68. The van der Waals surface area contributed by atoms with E-state index in [4.69, 9.17) is 8.92 Å². The van der Waals surface area contributed by atoms with Crippen LogP contribution in [-0.4, -0.2) is 32.2 Å². The average Bonchev–Trinajstić information content (AvgIpc) is 2.69. The fraction of sp³-hybridized carbons (Fsp3) is 0.650. The van der Waals surface area contributed by atoms with Crippen molar-refractivity contribution in [3.8, 4) is 5.75 Å². The molecule has 0 atom stereocenters. The Morgan fingerprint density at radius 3 is 2.23 bits per heavy atom. The van der Waals surface area contributed by atoms with Crippen LogP contribution in [0, 0.1) is 23.7 Å². The van der Waals surface area contributed by atoms with Crippen molar-refractivity contribution in [3.63, 3.8) is 0 Å². The first-order chi connectivity index (χ1) is 14.3. The lowest BCUT2D eigenvalue weighted by molar-refractivity contribution is -0.447. The summed E-state index contributed by atoms with van der Waals surface area (Å²) in [5, 5.41) is 3.62. The van der Waals surface area contributed by atoms with E-state index >= 15 is 0 Å². The third-order valence-corrected chi connectivity index (χ3v) is 8.86. The second-order valence-electron chi connectivity index (χ2n) is 8.58. The van der Waals surface area contributed by atoms with Gasteiger partial charge in [-0.1, -0.05) is 5.04 Å². The summed E-state index contributed by atoms with van der Waals surface area (Å²) in [6.07, 6.45) is 5.94. The number of hydrogen-bond donors (Lipinski definition) is 0. The summed E-state index contributed by atoms with van der Waals surface area (Å²) in [4.78, 5) is 17.0. The van der Waals surface area contributed by atoms with E-state index in [2.05, 4.69) is 21.2 Å². The van der Waals surface area contributed by atoms with Crippen molar-refractivity contribution in [2.45, 2.75) is 44.6 Å². The predicted octanol–water partition coefficient (Wildman–Crippen LogP) is 3.88. The zero-order valence-electron chi connectivity index (χ0n) is 16.9. The molecule has 4 aliphatic carbocycles. The predicted molar refractivity (Wildman–Crippen MR) is 108 cm³/mol. The van der Waals surface area contributed by atoms with Crippen LogP contribution in [0.4, 0.5) is 0 Å². The van der Waals surface area contributed by atoms with Gasteiger partial charge in [-0.05, 0) is 87.0 Å². The number of rotatable bonds is 9. The van der Waals surface area contributed by atoms with Crippen molar-refractivity contribution in [3.05, 3.63) is 29.8 Å². The lowest BCUT2D eigenvalue weighted by Crippen LogP contribution is -2.58. The monoisotopic (exact) mass is 458 g/mol. The van der Waals surface area contributed by atoms with Crippen molar-refractivity contribution in [1.29, 1.82) is 0 Å². The van der Waals surface area contributed by atoms with Gasteiger partial charge in [0.1, 0.15) is 11.4 Å². The molecule has 1 aromatic rings. The van der Waals surface area contributed by atoms with Gasteiger partial charge in [-0.25, -0.2) is 9.68 Å². The Morgan fingerprint density at radius 1 is 1.07 bits per heavy atom. The van der Waals surface area contributed by atoms with Crippen molar-refractivity contribution in [1.82, 2.24) is 0 Å². The number of hydrogen-bond acceptors (Lipinski definition) is 9. The van der Waals surface area contributed by atoms with Crippen LogP contribution in [0.3, 0.4) is 0 Å². The molecular formula is C20H26O8S2. The second kappa shape index (κ2) is 8.66. The summed E-state index contributed by atoms with van der Waals surface area (Å²) in [5.41, 5.74) is -0.0363. The summed E-state index contributed by atoms with van der Waals surface area (Å²) in [5.74, 6) is 2.18. The summed E-state index contributed by atoms with van der Waals surface area (Å²) < 4.78 is 39.3. The molecule has 4 bridgehead atoms. The SMILES string of the molecule is COOOSCS(=O)(=O)Oc1ccc(C(=O)OC2(C)C3CC4CC(C3)CC2C4)cc1. The van der Waals surface area contributed by atoms with Gasteiger partial charge >= 0.3 is 16.1 Å². The maximum Gasteiger partial charge on any atom is 0.338 e. The van der Waals surface area contributed by atoms with E-state index in [1.165, 1.54) is 37.8 Å². The lowest BCUT2D eigenvalue weighted by Gasteiger charge is -2.59. The Hall–Kier alpha value is -1.33. The quantitative estimate of drug-likeness (QED) is 0.136. The molecule has 5 rings (SSSR count). The molecule has 0 aliphatic heterocycles. The number of carbonyl (C=O) groups is 1. The van der Waals surface area contributed by atoms with Crippen LogP contribution >= 0.6 is 12.0 Å². The molecule has 4 aliphatic rings. The smallest absolute Gasteiger partial charge is 0.338 e. The Balaban J connectivity index is 1.35. The molecule has 10 heteroatoms. The molecular weight excluding hydrogens is 432 g/mol. The van der Waals surface area contributed by atoms with Crippen LogP contribution in [0.5, 0.6) is 5.75 Å². The first-order valence-electron chi connectivity index (χ1n) is 10.0. The van der Waals surface area contributed by atoms with Gasteiger partial charge in [-0.3, -0.25) is 0 Å². The first-order valence-corrected chi connectivity index (χ1v) is 12.5. The van der Waals surface area contributed by atoms with E-state index in [1.54, 1.807) is 0 Å². The Bertz CT molecular complexity index is 839.